The second-order valence-corrected chi connectivity index (χ2v) is 6.53. The molecule has 1 atom stereocenters. The highest BCUT2D eigenvalue weighted by molar-refractivity contribution is 8.00. The Bertz CT molecular complexity index is 737. The molecular weight excluding hydrogens is 300 g/mol. The van der Waals surface area contributed by atoms with Gasteiger partial charge in [-0.1, -0.05) is 0 Å². The van der Waals surface area contributed by atoms with Gasteiger partial charge in [0.25, 0.3) is 5.03 Å². The molecular formula is C16H18N2O3S. The molecule has 22 heavy (non-hydrogen) atoms. The fourth-order valence-electron chi connectivity index (χ4n) is 2.47. The Morgan fingerprint density at radius 1 is 1.32 bits per heavy atom. The third-order valence-corrected chi connectivity index (χ3v) is 4.62. The van der Waals surface area contributed by atoms with E-state index in [1.165, 1.54) is 24.9 Å². The lowest BCUT2D eigenvalue weighted by atomic mass is 10.0. The van der Waals surface area contributed by atoms with Gasteiger partial charge in [-0.3, -0.25) is 9.59 Å². The largest absolute Gasteiger partial charge is 0.618 e. The van der Waals surface area contributed by atoms with Gasteiger partial charge in [-0.2, -0.15) is 4.73 Å². The Balaban J connectivity index is 2.27. The van der Waals surface area contributed by atoms with Gasteiger partial charge in [-0.25, -0.2) is 0 Å². The summed E-state index contributed by atoms with van der Waals surface area (Å²) in [5.41, 5.74) is 2.38. The molecule has 1 N–H and O–H groups in total. The summed E-state index contributed by atoms with van der Waals surface area (Å²) >= 11 is 1.20. The lowest BCUT2D eigenvalue weighted by Gasteiger charge is -2.09. The van der Waals surface area contributed by atoms with E-state index < -0.39 is 5.25 Å². The van der Waals surface area contributed by atoms with E-state index in [1.54, 1.807) is 39.0 Å². The van der Waals surface area contributed by atoms with Crippen LogP contribution in [0, 0.1) is 19.1 Å². The molecule has 0 unspecified atom stereocenters. The van der Waals surface area contributed by atoms with E-state index in [0.717, 1.165) is 4.73 Å². The van der Waals surface area contributed by atoms with Crippen molar-refractivity contribution < 1.29 is 14.3 Å². The molecule has 0 spiro atoms. The molecule has 0 saturated heterocycles. The molecule has 0 radical (unpaired) electrons. The minimum Gasteiger partial charge on any atom is -0.618 e. The first-order valence-corrected chi connectivity index (χ1v) is 7.80. The molecule has 0 aliphatic heterocycles. The van der Waals surface area contributed by atoms with Crippen molar-refractivity contribution in [2.45, 2.75) is 38.0 Å². The summed E-state index contributed by atoms with van der Waals surface area (Å²) < 4.78 is 0.738. The van der Waals surface area contributed by atoms with Crippen LogP contribution in [-0.2, 0) is 0 Å². The molecule has 2 rings (SSSR count). The zero-order chi connectivity index (χ0) is 16.4. The number of aromatic amines is 1. The quantitative estimate of drug-likeness (QED) is 0.398. The summed E-state index contributed by atoms with van der Waals surface area (Å²) in [6.07, 6.45) is 1.40. The highest BCUT2D eigenvalue weighted by Gasteiger charge is 2.25. The summed E-state index contributed by atoms with van der Waals surface area (Å²) in [7, 11) is 0. The van der Waals surface area contributed by atoms with Gasteiger partial charge in [0, 0.05) is 23.4 Å². The highest BCUT2D eigenvalue weighted by Crippen LogP contribution is 2.26. The van der Waals surface area contributed by atoms with Crippen LogP contribution in [0.1, 0.15) is 46.0 Å². The average Bonchev–Trinajstić information content (AvgIpc) is 2.75. The third kappa shape index (κ3) is 3.06. The average molecular weight is 318 g/mol. The van der Waals surface area contributed by atoms with Crippen LogP contribution in [0.4, 0.5) is 0 Å². The van der Waals surface area contributed by atoms with E-state index in [-0.39, 0.29) is 11.6 Å². The maximum atomic E-state index is 12.6. The van der Waals surface area contributed by atoms with E-state index in [9.17, 15) is 14.8 Å². The second kappa shape index (κ2) is 6.36. The van der Waals surface area contributed by atoms with Crippen LogP contribution in [-0.4, -0.2) is 21.8 Å². The molecule has 0 bridgehead atoms. The highest BCUT2D eigenvalue weighted by atomic mass is 32.2. The predicted octanol–water partition coefficient (Wildman–Crippen LogP) is 2.83. The lowest BCUT2D eigenvalue weighted by Crippen LogP contribution is -2.29. The summed E-state index contributed by atoms with van der Waals surface area (Å²) in [4.78, 5) is 27.2. The number of pyridine rings is 1. The number of H-pyrrole nitrogens is 1. The second-order valence-electron chi connectivity index (χ2n) is 5.17. The van der Waals surface area contributed by atoms with Gasteiger partial charge in [0.05, 0.1) is 10.9 Å². The van der Waals surface area contributed by atoms with Crippen molar-refractivity contribution in [3.63, 3.8) is 0 Å². The number of ketones is 2. The number of hydrogen-bond acceptors (Lipinski definition) is 4. The molecule has 2 heterocycles. The van der Waals surface area contributed by atoms with Gasteiger partial charge in [0.15, 0.2) is 17.8 Å². The number of aryl methyl sites for hydroxylation is 1. The van der Waals surface area contributed by atoms with E-state index in [2.05, 4.69) is 4.98 Å². The first-order valence-electron chi connectivity index (χ1n) is 6.92. The molecule has 0 aromatic carbocycles. The van der Waals surface area contributed by atoms with E-state index in [1.807, 2.05) is 0 Å². The molecule has 0 amide bonds. The summed E-state index contributed by atoms with van der Waals surface area (Å²) in [5.74, 6) is -0.187. The molecule has 2 aromatic rings. The van der Waals surface area contributed by atoms with Crippen LogP contribution in [0.2, 0.25) is 0 Å². The number of nitrogens with zero attached hydrogens (tertiary/aromatic N) is 1. The van der Waals surface area contributed by atoms with Crippen molar-refractivity contribution in [1.82, 2.24) is 4.98 Å². The van der Waals surface area contributed by atoms with Crippen LogP contribution >= 0.6 is 11.8 Å². The summed E-state index contributed by atoms with van der Waals surface area (Å²) in [6, 6.07) is 5.07. The molecule has 0 aliphatic rings. The molecule has 0 saturated carbocycles. The zero-order valence-corrected chi connectivity index (χ0v) is 13.8. The standard InChI is InChI=1S/C16H18N2O3S/c1-9-14(11(3)19)10(2)17-15(9)16(20)12(4)22-13-7-5-6-8-18(13)21/h5-8,12,17H,1-4H3/t12-/m0/s1. The number of Topliss-reactive ketones (excluding diaryl/α,β-unsaturated/α-hetero) is 2. The van der Waals surface area contributed by atoms with Gasteiger partial charge in [0.1, 0.15) is 0 Å². The van der Waals surface area contributed by atoms with Crippen LogP contribution in [0.15, 0.2) is 29.4 Å². The van der Waals surface area contributed by atoms with E-state index in [0.29, 0.717) is 27.5 Å². The Kier molecular flexibility index (Phi) is 4.71. The van der Waals surface area contributed by atoms with Crippen LogP contribution in [0.5, 0.6) is 0 Å². The van der Waals surface area contributed by atoms with Crippen LogP contribution < -0.4 is 4.73 Å². The van der Waals surface area contributed by atoms with Crippen LogP contribution in [0.3, 0.4) is 0 Å². The molecule has 6 heteroatoms. The monoisotopic (exact) mass is 318 g/mol. The molecule has 0 fully saturated rings. The Morgan fingerprint density at radius 2 is 2.00 bits per heavy atom. The van der Waals surface area contributed by atoms with Crippen molar-refractivity contribution in [3.8, 4) is 0 Å². The van der Waals surface area contributed by atoms with Gasteiger partial charge < -0.3 is 10.2 Å². The van der Waals surface area contributed by atoms with Gasteiger partial charge >= 0.3 is 0 Å². The Hall–Kier alpha value is -2.08. The first kappa shape index (κ1) is 16.3. The maximum absolute atomic E-state index is 12.6. The zero-order valence-electron chi connectivity index (χ0n) is 13.0. The number of nitrogens with one attached hydrogen (secondary N) is 1. The van der Waals surface area contributed by atoms with Crippen LogP contribution in [0.25, 0.3) is 0 Å². The molecule has 5 nitrogen and oxygen atoms in total. The van der Waals surface area contributed by atoms with Gasteiger partial charge in [-0.05, 0) is 51.1 Å². The smallest absolute Gasteiger partial charge is 0.252 e. The number of carbonyl (C=O) groups excluding carboxylic acids is 2. The van der Waals surface area contributed by atoms with Gasteiger partial charge in [0.2, 0.25) is 0 Å². The minimum absolute atomic E-state index is 0.0638. The Morgan fingerprint density at radius 3 is 2.55 bits per heavy atom. The maximum Gasteiger partial charge on any atom is 0.252 e. The number of hydrogen-bond donors (Lipinski definition) is 1. The molecule has 2 aromatic heterocycles. The topological polar surface area (TPSA) is 76.9 Å². The third-order valence-electron chi connectivity index (χ3n) is 3.49. The number of aromatic nitrogens is 2. The molecule has 0 aliphatic carbocycles. The first-order chi connectivity index (χ1) is 10.3. The number of thioether (sulfide) groups is 1. The van der Waals surface area contributed by atoms with Crippen molar-refractivity contribution in [1.29, 1.82) is 0 Å². The molecule has 116 valence electrons. The fraction of sp³-hybridized carbons (Fsp3) is 0.312. The van der Waals surface area contributed by atoms with Crippen molar-refractivity contribution in [3.05, 3.63) is 52.1 Å². The SMILES string of the molecule is CC(=O)c1c(C)[nH]c(C(=O)[C@H](C)Sc2cccc[n+]2[O-])c1C. The van der Waals surface area contributed by atoms with Crippen molar-refractivity contribution in [2.75, 3.05) is 0 Å². The fourth-order valence-corrected chi connectivity index (χ4v) is 3.38. The number of carbonyl (C=O) groups is 2. The number of rotatable bonds is 5. The van der Waals surface area contributed by atoms with Gasteiger partial charge in [-0.15, -0.1) is 0 Å². The summed E-state index contributed by atoms with van der Waals surface area (Å²) in [6.45, 7) is 6.78. The van der Waals surface area contributed by atoms with Crippen molar-refractivity contribution >= 4 is 23.3 Å². The predicted molar refractivity (Wildman–Crippen MR) is 85.3 cm³/mol. The minimum atomic E-state index is -0.431. The Labute approximate surface area is 133 Å². The van der Waals surface area contributed by atoms with E-state index >= 15 is 0 Å². The lowest BCUT2D eigenvalue weighted by molar-refractivity contribution is -0.645. The van der Waals surface area contributed by atoms with E-state index in [4.69, 9.17) is 0 Å². The normalized spacial score (nSPS) is 12.2. The van der Waals surface area contributed by atoms with Crippen molar-refractivity contribution in [2.24, 2.45) is 0 Å². The summed E-state index contributed by atoms with van der Waals surface area (Å²) in [5, 5.41) is 11.7.